The van der Waals surface area contributed by atoms with Gasteiger partial charge in [0.05, 0.1) is 0 Å². The molecule has 100 valence electrons. The van der Waals surface area contributed by atoms with Crippen molar-refractivity contribution < 1.29 is 4.79 Å². The molecule has 1 aromatic carbocycles. The second kappa shape index (κ2) is 6.40. The van der Waals surface area contributed by atoms with Crippen molar-refractivity contribution in [1.82, 2.24) is 0 Å². The molecular formula is C15H14N4O. The largest absolute Gasteiger partial charge is 0.360 e. The third-order valence-electron chi connectivity index (χ3n) is 3.11. The Morgan fingerprint density at radius 1 is 1.30 bits per heavy atom. The normalized spacial score (nSPS) is 14.1. The van der Waals surface area contributed by atoms with E-state index in [2.05, 4.69) is 5.32 Å². The number of nitrogens with zero attached hydrogens (tertiary/aromatic N) is 3. The number of hydrogen-bond acceptors (Lipinski definition) is 4. The summed E-state index contributed by atoms with van der Waals surface area (Å²) in [6, 6.07) is 10.9. The molecule has 0 aliphatic carbocycles. The fourth-order valence-corrected chi connectivity index (χ4v) is 2.09. The van der Waals surface area contributed by atoms with Gasteiger partial charge < -0.3 is 10.2 Å². The van der Waals surface area contributed by atoms with Gasteiger partial charge in [-0.3, -0.25) is 4.79 Å². The molecule has 20 heavy (non-hydrogen) atoms. The fourth-order valence-electron chi connectivity index (χ4n) is 2.09. The van der Waals surface area contributed by atoms with Crippen molar-refractivity contribution in [3.8, 4) is 12.1 Å². The van der Waals surface area contributed by atoms with Crippen molar-refractivity contribution >= 4 is 17.3 Å². The number of amides is 1. The fraction of sp³-hybridized carbons (Fsp3) is 0.267. The van der Waals surface area contributed by atoms with Crippen molar-refractivity contribution in [2.45, 2.75) is 19.3 Å². The van der Waals surface area contributed by atoms with Crippen molar-refractivity contribution in [3.63, 3.8) is 0 Å². The molecule has 1 N–H and O–H groups in total. The number of piperidine rings is 1. The summed E-state index contributed by atoms with van der Waals surface area (Å²) in [4.78, 5) is 13.6. The third kappa shape index (κ3) is 3.15. The van der Waals surface area contributed by atoms with Crippen LogP contribution in [0.3, 0.4) is 0 Å². The predicted molar refractivity (Wildman–Crippen MR) is 75.6 cm³/mol. The summed E-state index contributed by atoms with van der Waals surface area (Å²) >= 11 is 0. The standard InChI is InChI=1S/C15H14N4O/c16-9-12(10-17)11-18-13-4-3-5-14(8-13)19-7-2-1-6-15(19)20/h3-5,8,11,18H,1-2,6-7H2. The third-order valence-corrected chi connectivity index (χ3v) is 3.11. The quantitative estimate of drug-likeness (QED) is 0.852. The maximum absolute atomic E-state index is 11.9. The highest BCUT2D eigenvalue weighted by Crippen LogP contribution is 2.23. The molecule has 1 aliphatic heterocycles. The maximum Gasteiger partial charge on any atom is 0.226 e. The van der Waals surface area contributed by atoms with Crippen LogP contribution in [0.1, 0.15) is 19.3 Å². The number of anilines is 2. The smallest absolute Gasteiger partial charge is 0.226 e. The van der Waals surface area contributed by atoms with Crippen LogP contribution in [-0.4, -0.2) is 12.5 Å². The van der Waals surface area contributed by atoms with E-state index < -0.39 is 0 Å². The van der Waals surface area contributed by atoms with Crippen LogP contribution < -0.4 is 10.2 Å². The SMILES string of the molecule is N#CC(C#N)=CNc1cccc(N2CCCCC2=O)c1. The monoisotopic (exact) mass is 266 g/mol. The highest BCUT2D eigenvalue weighted by molar-refractivity contribution is 5.94. The zero-order valence-electron chi connectivity index (χ0n) is 11.0. The van der Waals surface area contributed by atoms with E-state index in [4.69, 9.17) is 10.5 Å². The van der Waals surface area contributed by atoms with Crippen molar-refractivity contribution in [1.29, 1.82) is 10.5 Å². The first-order valence-electron chi connectivity index (χ1n) is 6.42. The highest BCUT2D eigenvalue weighted by Gasteiger charge is 2.19. The lowest BCUT2D eigenvalue weighted by Crippen LogP contribution is -2.35. The second-order valence-electron chi connectivity index (χ2n) is 4.48. The molecule has 1 saturated heterocycles. The summed E-state index contributed by atoms with van der Waals surface area (Å²) in [5.74, 6) is 0.138. The highest BCUT2D eigenvalue weighted by atomic mass is 16.2. The van der Waals surface area contributed by atoms with Gasteiger partial charge in [0.2, 0.25) is 5.91 Å². The molecule has 1 amide bonds. The summed E-state index contributed by atoms with van der Waals surface area (Å²) in [5, 5.41) is 20.2. The van der Waals surface area contributed by atoms with Gasteiger partial charge in [-0.25, -0.2) is 0 Å². The van der Waals surface area contributed by atoms with Crippen LogP contribution in [0.2, 0.25) is 0 Å². The predicted octanol–water partition coefficient (Wildman–Crippen LogP) is 2.55. The Morgan fingerprint density at radius 3 is 2.80 bits per heavy atom. The molecule has 0 saturated carbocycles. The molecule has 1 heterocycles. The molecule has 5 heteroatoms. The molecule has 0 bridgehead atoms. The Morgan fingerprint density at radius 2 is 2.10 bits per heavy atom. The van der Waals surface area contributed by atoms with Gasteiger partial charge in [0.25, 0.3) is 0 Å². The second-order valence-corrected chi connectivity index (χ2v) is 4.48. The molecular weight excluding hydrogens is 252 g/mol. The first-order valence-corrected chi connectivity index (χ1v) is 6.42. The average Bonchev–Trinajstić information content (AvgIpc) is 2.49. The molecule has 0 aromatic heterocycles. The van der Waals surface area contributed by atoms with Gasteiger partial charge in [-0.1, -0.05) is 6.07 Å². The number of benzene rings is 1. The minimum absolute atomic E-state index is 0.00412. The van der Waals surface area contributed by atoms with Crippen molar-refractivity contribution in [2.24, 2.45) is 0 Å². The van der Waals surface area contributed by atoms with Gasteiger partial charge in [-0.15, -0.1) is 0 Å². The number of allylic oxidation sites excluding steroid dienone is 1. The van der Waals surface area contributed by atoms with E-state index in [1.165, 1.54) is 6.20 Å². The Balaban J connectivity index is 2.16. The van der Waals surface area contributed by atoms with E-state index in [1.54, 1.807) is 17.0 Å². The zero-order chi connectivity index (χ0) is 14.4. The Labute approximate surface area is 117 Å². The lowest BCUT2D eigenvalue weighted by molar-refractivity contribution is -0.119. The first kappa shape index (κ1) is 13.6. The first-order chi connectivity index (χ1) is 9.74. The van der Waals surface area contributed by atoms with Gasteiger partial charge in [0, 0.05) is 30.5 Å². The van der Waals surface area contributed by atoms with Crippen LogP contribution in [-0.2, 0) is 4.79 Å². The summed E-state index contributed by atoms with van der Waals surface area (Å²) in [7, 11) is 0. The maximum atomic E-state index is 11.9. The Kier molecular flexibility index (Phi) is 4.36. The van der Waals surface area contributed by atoms with E-state index >= 15 is 0 Å². The molecule has 1 fully saturated rings. The van der Waals surface area contributed by atoms with E-state index in [0.29, 0.717) is 6.42 Å². The molecule has 1 aliphatic rings. The van der Waals surface area contributed by atoms with Gasteiger partial charge >= 0.3 is 0 Å². The number of nitrogens with one attached hydrogen (secondary N) is 1. The Hall–Kier alpha value is -2.79. The van der Waals surface area contributed by atoms with E-state index in [-0.39, 0.29) is 11.5 Å². The molecule has 1 aromatic rings. The van der Waals surface area contributed by atoms with Crippen molar-refractivity contribution in [3.05, 3.63) is 36.0 Å². The average molecular weight is 266 g/mol. The molecule has 5 nitrogen and oxygen atoms in total. The van der Waals surface area contributed by atoms with Gasteiger partial charge in [-0.2, -0.15) is 10.5 Å². The summed E-state index contributed by atoms with van der Waals surface area (Å²) in [6.07, 6.45) is 3.90. The Bertz CT molecular complexity index is 605. The minimum atomic E-state index is 0.00412. The van der Waals surface area contributed by atoms with Crippen LogP contribution in [0.5, 0.6) is 0 Å². The van der Waals surface area contributed by atoms with Crippen molar-refractivity contribution in [2.75, 3.05) is 16.8 Å². The number of carbonyl (C=O) groups excluding carboxylic acids is 1. The van der Waals surface area contributed by atoms with E-state index in [0.717, 1.165) is 30.8 Å². The number of hydrogen-bond donors (Lipinski definition) is 1. The topological polar surface area (TPSA) is 79.9 Å². The number of nitriles is 2. The number of carbonyl (C=O) groups is 1. The van der Waals surface area contributed by atoms with Crippen LogP contribution in [0.25, 0.3) is 0 Å². The lowest BCUT2D eigenvalue weighted by atomic mass is 10.1. The molecule has 0 radical (unpaired) electrons. The van der Waals surface area contributed by atoms with Crippen LogP contribution >= 0.6 is 0 Å². The summed E-state index contributed by atoms with van der Waals surface area (Å²) in [6.45, 7) is 0.736. The van der Waals surface area contributed by atoms with Gasteiger partial charge in [0.1, 0.15) is 17.7 Å². The zero-order valence-corrected chi connectivity index (χ0v) is 11.0. The van der Waals surface area contributed by atoms with Crippen LogP contribution in [0, 0.1) is 22.7 Å². The minimum Gasteiger partial charge on any atom is -0.360 e. The molecule has 2 rings (SSSR count). The molecule has 0 spiro atoms. The lowest BCUT2D eigenvalue weighted by Gasteiger charge is -2.27. The number of rotatable bonds is 3. The van der Waals surface area contributed by atoms with E-state index in [9.17, 15) is 4.79 Å². The van der Waals surface area contributed by atoms with Crippen LogP contribution in [0.4, 0.5) is 11.4 Å². The molecule has 0 unspecified atom stereocenters. The van der Waals surface area contributed by atoms with Gasteiger partial charge in [-0.05, 0) is 31.0 Å². The summed E-state index contributed by atoms with van der Waals surface area (Å²) < 4.78 is 0. The summed E-state index contributed by atoms with van der Waals surface area (Å²) in [5.41, 5.74) is 1.58. The van der Waals surface area contributed by atoms with Gasteiger partial charge in [0.15, 0.2) is 0 Å². The molecule has 0 atom stereocenters. The van der Waals surface area contributed by atoms with Crippen LogP contribution in [0.15, 0.2) is 36.0 Å². The van der Waals surface area contributed by atoms with E-state index in [1.807, 2.05) is 24.3 Å².